The van der Waals surface area contributed by atoms with E-state index in [0.29, 0.717) is 18.7 Å². The predicted molar refractivity (Wildman–Crippen MR) is 91.4 cm³/mol. The molecule has 7 heteroatoms. The molecule has 0 spiro atoms. The third-order valence-electron chi connectivity index (χ3n) is 3.08. The zero-order valence-electron chi connectivity index (χ0n) is 12.4. The maximum absolute atomic E-state index is 11.8. The maximum atomic E-state index is 11.8. The van der Waals surface area contributed by atoms with E-state index in [1.54, 1.807) is 23.9 Å². The highest BCUT2D eigenvalue weighted by Gasteiger charge is 2.07. The van der Waals surface area contributed by atoms with E-state index in [9.17, 15) is 13.2 Å². The molecule has 0 unspecified atom stereocenters. The Kier molecular flexibility index (Phi) is 6.20. The molecule has 0 aromatic heterocycles. The summed E-state index contributed by atoms with van der Waals surface area (Å²) in [5.41, 5.74) is 0.821. The molecule has 0 aliphatic heterocycles. The largest absolute Gasteiger partial charge is 0.352 e. The summed E-state index contributed by atoms with van der Waals surface area (Å²) in [5, 5.41) is 7.84. The van der Waals surface area contributed by atoms with Crippen LogP contribution in [0.1, 0.15) is 12.0 Å². The summed E-state index contributed by atoms with van der Waals surface area (Å²) in [6.07, 6.45) is 0.425. The molecule has 2 rings (SSSR count). The first-order valence-corrected chi connectivity index (χ1v) is 9.54. The Bertz CT molecular complexity index is 745. The molecule has 122 valence electrons. The highest BCUT2D eigenvalue weighted by Crippen LogP contribution is 2.17. The summed E-state index contributed by atoms with van der Waals surface area (Å²) < 4.78 is 22.3. The van der Waals surface area contributed by atoms with Gasteiger partial charge in [-0.1, -0.05) is 30.3 Å². The number of amides is 1. The molecule has 0 radical (unpaired) electrons. The van der Waals surface area contributed by atoms with Gasteiger partial charge < -0.3 is 5.32 Å². The lowest BCUT2D eigenvalue weighted by atomic mass is 10.2. The Hall–Kier alpha value is -1.83. The SMILES string of the molecule is NS(=O)(=O)c1ccc(CNC(=O)CCSc2ccccc2)cc1. The second-order valence-corrected chi connectivity index (χ2v) is 7.61. The molecule has 0 bridgehead atoms. The van der Waals surface area contributed by atoms with Crippen molar-refractivity contribution in [2.75, 3.05) is 5.75 Å². The van der Waals surface area contributed by atoms with Crippen molar-refractivity contribution >= 4 is 27.7 Å². The molecule has 0 saturated carbocycles. The molecular weight excluding hydrogens is 332 g/mol. The van der Waals surface area contributed by atoms with E-state index in [2.05, 4.69) is 5.32 Å². The molecule has 2 aromatic carbocycles. The summed E-state index contributed by atoms with van der Waals surface area (Å²) in [6, 6.07) is 16.0. The number of hydrogen-bond donors (Lipinski definition) is 2. The minimum Gasteiger partial charge on any atom is -0.352 e. The first kappa shape index (κ1) is 17.5. The van der Waals surface area contributed by atoms with Crippen LogP contribution in [0.25, 0.3) is 0 Å². The number of benzene rings is 2. The summed E-state index contributed by atoms with van der Waals surface area (Å²) in [4.78, 5) is 13.0. The summed E-state index contributed by atoms with van der Waals surface area (Å²) in [6.45, 7) is 0.361. The van der Waals surface area contributed by atoms with Crippen LogP contribution in [-0.4, -0.2) is 20.1 Å². The third-order valence-corrected chi connectivity index (χ3v) is 5.03. The number of carbonyl (C=O) groups is 1. The smallest absolute Gasteiger partial charge is 0.238 e. The standard InChI is InChI=1S/C16H18N2O3S2/c17-23(20,21)15-8-6-13(7-9-15)12-18-16(19)10-11-22-14-4-2-1-3-5-14/h1-9H,10-12H2,(H,18,19)(H2,17,20,21). The molecule has 0 aliphatic rings. The van der Waals surface area contributed by atoms with Gasteiger partial charge in [-0.05, 0) is 29.8 Å². The van der Waals surface area contributed by atoms with E-state index in [0.717, 1.165) is 10.5 Å². The third kappa shape index (κ3) is 6.05. The number of primary sulfonamides is 1. The van der Waals surface area contributed by atoms with Gasteiger partial charge in [0.2, 0.25) is 15.9 Å². The van der Waals surface area contributed by atoms with Crippen molar-refractivity contribution in [1.29, 1.82) is 0 Å². The van der Waals surface area contributed by atoms with Crippen molar-refractivity contribution in [1.82, 2.24) is 5.32 Å². The first-order chi connectivity index (χ1) is 10.9. The number of nitrogens with one attached hydrogen (secondary N) is 1. The van der Waals surface area contributed by atoms with Gasteiger partial charge in [-0.25, -0.2) is 13.6 Å². The second kappa shape index (κ2) is 8.14. The molecule has 0 atom stereocenters. The summed E-state index contributed by atoms with van der Waals surface area (Å²) in [7, 11) is -3.68. The predicted octanol–water partition coefficient (Wildman–Crippen LogP) is 2.13. The Labute approximate surface area is 140 Å². The van der Waals surface area contributed by atoms with Crippen molar-refractivity contribution in [3.05, 3.63) is 60.2 Å². The van der Waals surface area contributed by atoms with Gasteiger partial charge in [0.25, 0.3) is 0 Å². The second-order valence-electron chi connectivity index (χ2n) is 4.88. The van der Waals surface area contributed by atoms with Crippen molar-refractivity contribution in [2.45, 2.75) is 22.8 Å². The molecule has 0 saturated heterocycles. The lowest BCUT2D eigenvalue weighted by Crippen LogP contribution is -2.23. The zero-order chi connectivity index (χ0) is 16.7. The van der Waals surface area contributed by atoms with E-state index < -0.39 is 10.0 Å². The quantitative estimate of drug-likeness (QED) is 0.749. The van der Waals surface area contributed by atoms with Crippen LogP contribution in [-0.2, 0) is 21.4 Å². The minimum atomic E-state index is -3.68. The van der Waals surface area contributed by atoms with Crippen molar-refractivity contribution < 1.29 is 13.2 Å². The van der Waals surface area contributed by atoms with Crippen LogP contribution in [0.15, 0.2) is 64.4 Å². The van der Waals surface area contributed by atoms with E-state index in [4.69, 9.17) is 5.14 Å². The molecule has 0 heterocycles. The van der Waals surface area contributed by atoms with Crippen LogP contribution in [0.3, 0.4) is 0 Å². The highest BCUT2D eigenvalue weighted by atomic mass is 32.2. The number of hydrogen-bond acceptors (Lipinski definition) is 4. The monoisotopic (exact) mass is 350 g/mol. The lowest BCUT2D eigenvalue weighted by molar-refractivity contribution is -0.120. The average molecular weight is 350 g/mol. The molecule has 23 heavy (non-hydrogen) atoms. The fourth-order valence-corrected chi connectivity index (χ4v) is 3.25. The van der Waals surface area contributed by atoms with Gasteiger partial charge in [0.15, 0.2) is 0 Å². The number of sulfonamides is 1. The number of rotatable bonds is 7. The number of nitrogens with two attached hydrogens (primary N) is 1. The van der Waals surface area contributed by atoms with E-state index in [1.165, 1.54) is 12.1 Å². The fraction of sp³-hybridized carbons (Fsp3) is 0.188. The van der Waals surface area contributed by atoms with Gasteiger partial charge in [-0.2, -0.15) is 0 Å². The average Bonchev–Trinajstić information content (AvgIpc) is 2.53. The van der Waals surface area contributed by atoms with Crippen LogP contribution in [0.2, 0.25) is 0 Å². The summed E-state index contributed by atoms with van der Waals surface area (Å²) in [5.74, 6) is 0.671. The normalized spacial score (nSPS) is 11.2. The van der Waals surface area contributed by atoms with E-state index in [-0.39, 0.29) is 10.8 Å². The van der Waals surface area contributed by atoms with E-state index >= 15 is 0 Å². The van der Waals surface area contributed by atoms with Crippen molar-refractivity contribution in [2.24, 2.45) is 5.14 Å². The highest BCUT2D eigenvalue weighted by molar-refractivity contribution is 7.99. The topological polar surface area (TPSA) is 89.3 Å². The van der Waals surface area contributed by atoms with Gasteiger partial charge in [-0.3, -0.25) is 4.79 Å². The number of carbonyl (C=O) groups excluding carboxylic acids is 1. The number of thioether (sulfide) groups is 1. The van der Waals surface area contributed by atoms with Gasteiger partial charge in [0.1, 0.15) is 0 Å². The minimum absolute atomic E-state index is 0.0380. The summed E-state index contributed by atoms with van der Waals surface area (Å²) >= 11 is 1.63. The molecule has 5 nitrogen and oxygen atoms in total. The van der Waals surface area contributed by atoms with Crippen LogP contribution >= 0.6 is 11.8 Å². The zero-order valence-corrected chi connectivity index (χ0v) is 14.1. The van der Waals surface area contributed by atoms with Crippen LogP contribution in [0.4, 0.5) is 0 Å². The molecule has 2 aromatic rings. The van der Waals surface area contributed by atoms with E-state index in [1.807, 2.05) is 30.3 Å². The van der Waals surface area contributed by atoms with Crippen LogP contribution < -0.4 is 10.5 Å². The van der Waals surface area contributed by atoms with Gasteiger partial charge in [0.05, 0.1) is 4.90 Å². The van der Waals surface area contributed by atoms with Crippen LogP contribution in [0.5, 0.6) is 0 Å². The Balaban J connectivity index is 1.74. The molecule has 1 amide bonds. The first-order valence-electron chi connectivity index (χ1n) is 7.01. The lowest BCUT2D eigenvalue weighted by Gasteiger charge is -2.06. The van der Waals surface area contributed by atoms with Crippen LogP contribution in [0, 0.1) is 0 Å². The maximum Gasteiger partial charge on any atom is 0.238 e. The van der Waals surface area contributed by atoms with Crippen molar-refractivity contribution in [3.63, 3.8) is 0 Å². The Morgan fingerprint density at radius 1 is 1.04 bits per heavy atom. The Morgan fingerprint density at radius 3 is 2.30 bits per heavy atom. The molecule has 3 N–H and O–H groups in total. The van der Waals surface area contributed by atoms with Gasteiger partial charge in [-0.15, -0.1) is 11.8 Å². The fourth-order valence-electron chi connectivity index (χ4n) is 1.86. The van der Waals surface area contributed by atoms with Gasteiger partial charge >= 0.3 is 0 Å². The van der Waals surface area contributed by atoms with Crippen molar-refractivity contribution in [3.8, 4) is 0 Å². The Morgan fingerprint density at radius 2 is 1.70 bits per heavy atom. The molecular formula is C16H18N2O3S2. The molecule has 0 aliphatic carbocycles. The molecule has 0 fully saturated rings. The van der Waals surface area contributed by atoms with Gasteiger partial charge in [0, 0.05) is 23.6 Å².